The van der Waals surface area contributed by atoms with E-state index in [-0.39, 0.29) is 23.2 Å². The number of halogens is 1. The summed E-state index contributed by atoms with van der Waals surface area (Å²) in [6, 6.07) is 56.3. The van der Waals surface area contributed by atoms with Gasteiger partial charge in [-0.2, -0.15) is 0 Å². The molecule has 1 aliphatic heterocycles. The number of imide groups is 1. The smallest absolute Gasteiger partial charge is 0.294 e. The van der Waals surface area contributed by atoms with Gasteiger partial charge in [-0.25, -0.2) is 4.90 Å². The second kappa shape index (κ2) is 14.9. The summed E-state index contributed by atoms with van der Waals surface area (Å²) in [6.07, 6.45) is 1.85. The van der Waals surface area contributed by atoms with E-state index in [1.807, 2.05) is 127 Å². The maximum Gasteiger partial charge on any atom is 0.294 e. The molecule has 1 heterocycles. The van der Waals surface area contributed by atoms with Crippen LogP contribution in [0.25, 0.3) is 6.08 Å². The fraction of sp³-hybridized carbons (Fsp3) is 0.0909. The molecule has 246 valence electrons. The zero-order valence-corrected chi connectivity index (χ0v) is 29.9. The highest BCUT2D eigenvalue weighted by atomic mass is 79.9. The van der Waals surface area contributed by atoms with Crippen molar-refractivity contribution in [3.8, 4) is 0 Å². The molecule has 1 saturated heterocycles. The first-order chi connectivity index (χ1) is 24.4. The second-order valence-electron chi connectivity index (χ2n) is 12.3. The molecule has 6 aromatic carbocycles. The van der Waals surface area contributed by atoms with Crippen molar-refractivity contribution in [1.82, 2.24) is 10.2 Å². The summed E-state index contributed by atoms with van der Waals surface area (Å²) in [5.41, 5.74) is 5.54. The molecule has 0 spiro atoms. The van der Waals surface area contributed by atoms with Crippen molar-refractivity contribution < 1.29 is 9.59 Å². The van der Waals surface area contributed by atoms with E-state index >= 15 is 0 Å². The number of carbonyl (C=O) groups is 2. The number of amides is 2. The highest BCUT2D eigenvalue weighted by molar-refractivity contribution is 9.10. The minimum Gasteiger partial charge on any atom is -0.300 e. The van der Waals surface area contributed by atoms with Gasteiger partial charge in [0.25, 0.3) is 11.1 Å². The normalized spacial score (nSPS) is 15.3. The monoisotopic (exact) mass is 734 g/mol. The summed E-state index contributed by atoms with van der Waals surface area (Å²) in [5.74, 6) is -0.330. The van der Waals surface area contributed by atoms with Crippen LogP contribution in [0.4, 0.5) is 4.79 Å². The Morgan fingerprint density at radius 3 is 1.66 bits per heavy atom. The van der Waals surface area contributed by atoms with Crippen molar-refractivity contribution in [1.29, 1.82) is 0 Å². The van der Waals surface area contributed by atoms with Crippen molar-refractivity contribution in [3.05, 3.63) is 218 Å². The zero-order chi connectivity index (χ0) is 34.5. The van der Waals surface area contributed by atoms with Crippen LogP contribution in [0.3, 0.4) is 0 Å². The number of nitrogens with one attached hydrogen (secondary N) is 1. The molecule has 0 aromatic heterocycles. The second-order valence-corrected chi connectivity index (χ2v) is 14.2. The van der Waals surface area contributed by atoms with Gasteiger partial charge in [0.15, 0.2) is 0 Å². The molecule has 0 bridgehead atoms. The summed E-state index contributed by atoms with van der Waals surface area (Å²) in [4.78, 5) is 30.7. The third kappa shape index (κ3) is 6.62. The maximum atomic E-state index is 14.7. The predicted molar refractivity (Wildman–Crippen MR) is 207 cm³/mol. The minimum absolute atomic E-state index is 0.0653. The molecule has 1 N–H and O–H groups in total. The maximum absolute atomic E-state index is 14.7. The number of benzene rings is 6. The SMILES string of the molecule is C[C@H](NC(c1ccccc1)c1cccc(C=C2SC(=O)N(C(c3ccccc3)(c3ccccc3)c3ccccc3)C2=O)c1)c1ccc(Br)cc1. The molecule has 6 aromatic rings. The average molecular weight is 736 g/mol. The summed E-state index contributed by atoms with van der Waals surface area (Å²) < 4.78 is 1.04. The molecule has 7 rings (SSSR count). The molecule has 6 heteroatoms. The average Bonchev–Trinajstić information content (AvgIpc) is 3.44. The quantitative estimate of drug-likeness (QED) is 0.112. The van der Waals surface area contributed by atoms with E-state index in [4.69, 9.17) is 0 Å². The highest BCUT2D eigenvalue weighted by Gasteiger charge is 2.52. The van der Waals surface area contributed by atoms with Crippen LogP contribution in [0.1, 0.15) is 58.0 Å². The van der Waals surface area contributed by atoms with E-state index in [0.717, 1.165) is 49.6 Å². The molecular formula is C44H35BrN2O2S. The van der Waals surface area contributed by atoms with E-state index in [2.05, 4.69) is 76.7 Å². The number of carbonyl (C=O) groups excluding carboxylic acids is 2. The van der Waals surface area contributed by atoms with Gasteiger partial charge in [0, 0.05) is 10.5 Å². The summed E-state index contributed by atoms with van der Waals surface area (Å²) >= 11 is 4.53. The summed E-state index contributed by atoms with van der Waals surface area (Å²) in [6.45, 7) is 2.16. The molecule has 50 heavy (non-hydrogen) atoms. The summed E-state index contributed by atoms with van der Waals surface area (Å²) in [7, 11) is 0. The van der Waals surface area contributed by atoms with E-state index in [1.54, 1.807) is 0 Å². The van der Waals surface area contributed by atoms with Crippen LogP contribution in [0, 0.1) is 0 Å². The first-order valence-corrected chi connectivity index (χ1v) is 18.2. The van der Waals surface area contributed by atoms with Gasteiger partial charge < -0.3 is 0 Å². The fourth-order valence-corrected chi connectivity index (χ4v) is 7.93. The highest BCUT2D eigenvalue weighted by Crippen LogP contribution is 2.48. The molecule has 1 unspecified atom stereocenters. The third-order valence-corrected chi connectivity index (χ3v) is 10.6. The van der Waals surface area contributed by atoms with Crippen molar-refractivity contribution in [2.75, 3.05) is 0 Å². The van der Waals surface area contributed by atoms with Crippen LogP contribution in [-0.4, -0.2) is 16.0 Å². The lowest BCUT2D eigenvalue weighted by Gasteiger charge is -2.41. The molecular weight excluding hydrogens is 700 g/mol. The van der Waals surface area contributed by atoms with Crippen LogP contribution in [0.15, 0.2) is 179 Å². The Kier molecular flexibility index (Phi) is 9.95. The Bertz CT molecular complexity index is 2030. The molecule has 0 saturated carbocycles. The Morgan fingerprint density at radius 1 is 0.620 bits per heavy atom. The largest absolute Gasteiger partial charge is 0.300 e. The molecule has 1 fully saturated rings. The Hall–Kier alpha value is -5.01. The molecule has 0 radical (unpaired) electrons. The lowest BCUT2D eigenvalue weighted by Crippen LogP contribution is -2.50. The Labute approximate surface area is 306 Å². The van der Waals surface area contributed by atoms with Crippen LogP contribution in [0.5, 0.6) is 0 Å². The van der Waals surface area contributed by atoms with Crippen molar-refractivity contribution in [3.63, 3.8) is 0 Å². The van der Waals surface area contributed by atoms with Crippen molar-refractivity contribution in [2.24, 2.45) is 0 Å². The van der Waals surface area contributed by atoms with Crippen molar-refractivity contribution >= 4 is 44.9 Å². The third-order valence-electron chi connectivity index (χ3n) is 9.17. The van der Waals surface area contributed by atoms with E-state index < -0.39 is 5.54 Å². The van der Waals surface area contributed by atoms with E-state index in [1.165, 1.54) is 10.5 Å². The van der Waals surface area contributed by atoms with Gasteiger partial charge in [-0.1, -0.05) is 168 Å². The standard InChI is InChI=1S/C44H35BrN2O2S/c1-31(33-25-27-39(45)28-26-33)46-41(34-16-6-2-7-17-34)35-18-14-15-32(29-35)30-40-42(48)47(43(49)50-40)44(36-19-8-3-9-20-36,37-21-10-4-11-22-37)38-23-12-5-13-24-38/h2-31,41,46H,1H3/t31-,41?/m0/s1. The van der Waals surface area contributed by atoms with E-state index in [0.29, 0.717) is 4.91 Å². The number of thioether (sulfide) groups is 1. The summed E-state index contributed by atoms with van der Waals surface area (Å²) in [5, 5.41) is 3.51. The van der Waals surface area contributed by atoms with Gasteiger partial charge in [-0.3, -0.25) is 14.9 Å². The van der Waals surface area contributed by atoms with Gasteiger partial charge in [-0.15, -0.1) is 0 Å². The predicted octanol–water partition coefficient (Wildman–Crippen LogP) is 10.9. The van der Waals surface area contributed by atoms with Gasteiger partial charge >= 0.3 is 0 Å². The molecule has 1 aliphatic rings. The minimum atomic E-state index is -1.17. The molecule has 4 nitrogen and oxygen atoms in total. The van der Waals surface area contributed by atoms with Gasteiger partial charge in [0.05, 0.1) is 10.9 Å². The van der Waals surface area contributed by atoms with Gasteiger partial charge in [0.2, 0.25) is 0 Å². The van der Waals surface area contributed by atoms with Crippen molar-refractivity contribution in [2.45, 2.75) is 24.5 Å². The van der Waals surface area contributed by atoms with E-state index in [9.17, 15) is 9.59 Å². The number of nitrogens with zero attached hydrogens (tertiary/aromatic N) is 1. The van der Waals surface area contributed by atoms with Crippen LogP contribution < -0.4 is 5.32 Å². The zero-order valence-electron chi connectivity index (χ0n) is 27.4. The number of rotatable bonds is 10. The molecule has 0 aliphatic carbocycles. The fourth-order valence-electron chi connectivity index (χ4n) is 6.79. The molecule has 2 amide bonds. The number of hydrogen-bond donors (Lipinski definition) is 1. The lowest BCUT2D eigenvalue weighted by atomic mass is 9.75. The first-order valence-electron chi connectivity index (χ1n) is 16.6. The van der Waals surface area contributed by atoms with Crippen LogP contribution in [-0.2, 0) is 10.3 Å². The topological polar surface area (TPSA) is 49.4 Å². The van der Waals surface area contributed by atoms with Crippen LogP contribution in [0.2, 0.25) is 0 Å². The lowest BCUT2D eigenvalue weighted by molar-refractivity contribution is -0.125. The Balaban J connectivity index is 1.28. The number of hydrogen-bond acceptors (Lipinski definition) is 4. The molecule has 2 atom stereocenters. The Morgan fingerprint density at radius 2 is 1.12 bits per heavy atom. The van der Waals surface area contributed by atoms with Crippen LogP contribution >= 0.6 is 27.7 Å². The van der Waals surface area contributed by atoms with Gasteiger partial charge in [0.1, 0.15) is 5.54 Å². The van der Waals surface area contributed by atoms with Gasteiger partial charge in [-0.05, 0) is 81.9 Å². The first kappa shape index (κ1) is 33.5.